The fraction of sp³-hybridized carbons (Fsp3) is 0.263. The largest absolute Gasteiger partial charge is 0.481 e. The Morgan fingerprint density at radius 1 is 0.958 bits per heavy atom. The van der Waals surface area contributed by atoms with Gasteiger partial charge in [-0.15, -0.1) is 0 Å². The van der Waals surface area contributed by atoms with Crippen LogP contribution >= 0.6 is 0 Å². The molecule has 0 heterocycles. The molecule has 5 nitrogen and oxygen atoms in total. The number of urea groups is 1. The monoisotopic (exact) mass is 326 g/mol. The van der Waals surface area contributed by atoms with Crippen molar-refractivity contribution in [1.29, 1.82) is 0 Å². The molecule has 24 heavy (non-hydrogen) atoms. The highest BCUT2D eigenvalue weighted by atomic mass is 16.4. The van der Waals surface area contributed by atoms with E-state index in [4.69, 9.17) is 5.11 Å². The molecule has 2 amide bonds. The number of carboxylic acids is 1. The topological polar surface area (TPSA) is 78.4 Å². The van der Waals surface area contributed by atoms with Crippen molar-refractivity contribution in [2.24, 2.45) is 5.92 Å². The maximum Gasteiger partial charge on any atom is 0.319 e. The summed E-state index contributed by atoms with van der Waals surface area (Å²) in [4.78, 5) is 22.9. The summed E-state index contributed by atoms with van der Waals surface area (Å²) >= 11 is 0. The van der Waals surface area contributed by atoms with Gasteiger partial charge in [0.25, 0.3) is 0 Å². The normalized spacial score (nSPS) is 11.8. The van der Waals surface area contributed by atoms with Gasteiger partial charge in [0.05, 0.1) is 6.42 Å². The lowest BCUT2D eigenvalue weighted by molar-refractivity contribution is -0.137. The Labute approximate surface area is 141 Å². The molecule has 2 aromatic rings. The van der Waals surface area contributed by atoms with Gasteiger partial charge in [-0.05, 0) is 29.2 Å². The first-order chi connectivity index (χ1) is 11.5. The molecular formula is C19H22N2O3. The maximum atomic E-state index is 12.0. The molecule has 0 saturated carbocycles. The third-order valence-corrected chi connectivity index (χ3v) is 3.77. The van der Waals surface area contributed by atoms with Gasteiger partial charge in [0.1, 0.15) is 0 Å². The Morgan fingerprint density at radius 2 is 1.54 bits per heavy atom. The highest BCUT2D eigenvalue weighted by Crippen LogP contribution is 2.21. The van der Waals surface area contributed by atoms with E-state index in [1.165, 1.54) is 0 Å². The third kappa shape index (κ3) is 5.12. The number of benzene rings is 2. The minimum atomic E-state index is -0.929. The number of carbonyl (C=O) groups excluding carboxylic acids is 1. The summed E-state index contributed by atoms with van der Waals surface area (Å²) in [6.07, 6.45) is -0.0992. The summed E-state index contributed by atoms with van der Waals surface area (Å²) in [5.41, 5.74) is 2.83. The Balaban J connectivity index is 1.98. The molecule has 0 aliphatic carbocycles. The van der Waals surface area contributed by atoms with Gasteiger partial charge in [-0.2, -0.15) is 0 Å². The number of amides is 2. The molecule has 0 unspecified atom stereocenters. The van der Waals surface area contributed by atoms with Crippen molar-refractivity contribution in [3.63, 3.8) is 0 Å². The van der Waals surface area contributed by atoms with Crippen molar-refractivity contribution in [2.45, 2.75) is 26.3 Å². The molecule has 5 heteroatoms. The van der Waals surface area contributed by atoms with E-state index in [0.717, 1.165) is 11.1 Å². The molecule has 0 bridgehead atoms. The van der Waals surface area contributed by atoms with E-state index in [0.29, 0.717) is 5.69 Å². The zero-order valence-corrected chi connectivity index (χ0v) is 13.8. The molecule has 0 radical (unpaired) electrons. The molecule has 2 rings (SSSR count). The predicted molar refractivity (Wildman–Crippen MR) is 94.9 cm³/mol. The summed E-state index contributed by atoms with van der Waals surface area (Å²) in [6, 6.07) is 16.7. The molecule has 1 atom stereocenters. The van der Waals surface area contributed by atoms with Crippen LogP contribution in [0.1, 0.15) is 20.3 Å². The first-order valence-electron chi connectivity index (χ1n) is 7.90. The average molecular weight is 326 g/mol. The van der Waals surface area contributed by atoms with Gasteiger partial charge in [-0.1, -0.05) is 56.3 Å². The minimum Gasteiger partial charge on any atom is -0.481 e. The van der Waals surface area contributed by atoms with Crippen molar-refractivity contribution < 1.29 is 14.7 Å². The summed E-state index contributed by atoms with van der Waals surface area (Å²) in [7, 11) is 0. The minimum absolute atomic E-state index is 0.0345. The van der Waals surface area contributed by atoms with Gasteiger partial charge in [0, 0.05) is 11.7 Å². The molecule has 3 N–H and O–H groups in total. The molecule has 0 aliphatic rings. The van der Waals surface area contributed by atoms with Crippen LogP contribution in [0.25, 0.3) is 11.1 Å². The number of rotatable bonds is 6. The zero-order chi connectivity index (χ0) is 17.5. The van der Waals surface area contributed by atoms with E-state index >= 15 is 0 Å². The smallest absolute Gasteiger partial charge is 0.319 e. The molecule has 0 fully saturated rings. The molecule has 0 saturated heterocycles. The number of carboxylic acid groups (broad SMARTS) is 1. The van der Waals surface area contributed by atoms with E-state index in [9.17, 15) is 9.59 Å². The van der Waals surface area contributed by atoms with Gasteiger partial charge in [0.2, 0.25) is 0 Å². The van der Waals surface area contributed by atoms with Crippen LogP contribution in [-0.4, -0.2) is 23.1 Å². The summed E-state index contributed by atoms with van der Waals surface area (Å²) < 4.78 is 0. The van der Waals surface area contributed by atoms with Crippen LogP contribution in [0.5, 0.6) is 0 Å². The van der Waals surface area contributed by atoms with E-state index in [2.05, 4.69) is 10.6 Å². The fourth-order valence-electron chi connectivity index (χ4n) is 2.35. The van der Waals surface area contributed by atoms with E-state index < -0.39 is 18.0 Å². The van der Waals surface area contributed by atoms with Crippen molar-refractivity contribution in [2.75, 3.05) is 5.32 Å². The Kier molecular flexibility index (Phi) is 5.95. The number of anilines is 1. The molecule has 126 valence electrons. The highest BCUT2D eigenvalue weighted by molar-refractivity contribution is 5.90. The van der Waals surface area contributed by atoms with Crippen molar-refractivity contribution in [3.8, 4) is 11.1 Å². The standard InChI is InChI=1S/C19H22N2O3/c1-13(2)17(12-18(22)23)21-19(24)20-16-10-8-15(9-11-16)14-6-4-3-5-7-14/h3-11,13,17H,12H2,1-2H3,(H,22,23)(H2,20,21,24)/t17-/m1/s1. The summed E-state index contributed by atoms with van der Waals surface area (Å²) in [5, 5.41) is 14.4. The van der Waals surface area contributed by atoms with Crippen molar-refractivity contribution in [3.05, 3.63) is 54.6 Å². The van der Waals surface area contributed by atoms with Gasteiger partial charge in [-0.25, -0.2) is 4.79 Å². The maximum absolute atomic E-state index is 12.0. The number of hydrogen-bond donors (Lipinski definition) is 3. The van der Waals surface area contributed by atoms with E-state index in [1.54, 1.807) is 0 Å². The Morgan fingerprint density at radius 3 is 2.08 bits per heavy atom. The van der Waals surface area contributed by atoms with Gasteiger partial charge >= 0.3 is 12.0 Å². The number of carbonyl (C=O) groups is 2. The Bertz CT molecular complexity index is 682. The highest BCUT2D eigenvalue weighted by Gasteiger charge is 2.19. The zero-order valence-electron chi connectivity index (χ0n) is 13.8. The van der Waals surface area contributed by atoms with Crippen LogP contribution < -0.4 is 10.6 Å². The lowest BCUT2D eigenvalue weighted by Crippen LogP contribution is -2.42. The molecule has 0 spiro atoms. The first-order valence-corrected chi connectivity index (χ1v) is 7.90. The fourth-order valence-corrected chi connectivity index (χ4v) is 2.35. The molecule has 0 aromatic heterocycles. The van der Waals surface area contributed by atoms with Crippen LogP contribution in [0.4, 0.5) is 10.5 Å². The second kappa shape index (κ2) is 8.15. The SMILES string of the molecule is CC(C)[C@@H](CC(=O)O)NC(=O)Nc1ccc(-c2ccccc2)cc1. The van der Waals surface area contributed by atoms with Gasteiger partial charge < -0.3 is 15.7 Å². The van der Waals surface area contributed by atoms with Crippen LogP contribution in [0.3, 0.4) is 0 Å². The van der Waals surface area contributed by atoms with Gasteiger partial charge in [0.15, 0.2) is 0 Å². The lowest BCUT2D eigenvalue weighted by Gasteiger charge is -2.20. The number of nitrogens with one attached hydrogen (secondary N) is 2. The van der Waals surface area contributed by atoms with Crippen molar-refractivity contribution in [1.82, 2.24) is 5.32 Å². The Hall–Kier alpha value is -2.82. The lowest BCUT2D eigenvalue weighted by atomic mass is 10.0. The van der Waals surface area contributed by atoms with Gasteiger partial charge in [-0.3, -0.25) is 4.79 Å². The van der Waals surface area contributed by atoms with Crippen LogP contribution in [0.2, 0.25) is 0 Å². The number of hydrogen-bond acceptors (Lipinski definition) is 2. The molecule has 2 aromatic carbocycles. The first kappa shape index (κ1) is 17.5. The van der Waals surface area contributed by atoms with Crippen LogP contribution in [0, 0.1) is 5.92 Å². The second-order valence-corrected chi connectivity index (χ2v) is 5.99. The molecule has 0 aliphatic heterocycles. The van der Waals surface area contributed by atoms with Crippen molar-refractivity contribution >= 4 is 17.7 Å². The van der Waals surface area contributed by atoms with Crippen LogP contribution in [0.15, 0.2) is 54.6 Å². The summed E-state index contributed by atoms with van der Waals surface area (Å²) in [6.45, 7) is 3.76. The third-order valence-electron chi connectivity index (χ3n) is 3.77. The quantitative estimate of drug-likeness (QED) is 0.751. The second-order valence-electron chi connectivity index (χ2n) is 5.99. The average Bonchev–Trinajstić information content (AvgIpc) is 2.55. The van der Waals surface area contributed by atoms with E-state index in [1.807, 2.05) is 68.4 Å². The number of aliphatic carboxylic acids is 1. The summed E-state index contributed by atoms with van der Waals surface area (Å²) in [5.74, 6) is -0.895. The van der Waals surface area contributed by atoms with E-state index in [-0.39, 0.29) is 12.3 Å². The predicted octanol–water partition coefficient (Wildman–Crippen LogP) is 3.97. The molecular weight excluding hydrogens is 304 g/mol. The van der Waals surface area contributed by atoms with Crippen LogP contribution in [-0.2, 0) is 4.79 Å².